The number of hydrogen-bond acceptors (Lipinski definition) is 1. The Balaban J connectivity index is 0.000000191. The Bertz CT molecular complexity index is 620. The fraction of sp³-hybridized carbons (Fsp3) is 0.217. The van der Waals surface area contributed by atoms with Gasteiger partial charge in [0.2, 0.25) is 0 Å². The van der Waals surface area contributed by atoms with Crippen LogP contribution >= 0.6 is 0 Å². The van der Waals surface area contributed by atoms with Crippen LogP contribution in [0.1, 0.15) is 37.3 Å². The quantitative estimate of drug-likeness (QED) is 0.539. The summed E-state index contributed by atoms with van der Waals surface area (Å²) in [6, 6.07) is 30.1. The molecule has 0 aliphatic carbocycles. The molecule has 0 saturated heterocycles. The molecular weight excluding hydrogens is 290 g/mol. The van der Waals surface area contributed by atoms with Crippen molar-refractivity contribution in [2.75, 3.05) is 5.73 Å². The molecule has 1 heteroatoms. The Morgan fingerprint density at radius 3 is 1.50 bits per heavy atom. The molecule has 0 aliphatic rings. The highest BCUT2D eigenvalue weighted by Crippen LogP contribution is 2.21. The Morgan fingerprint density at radius 1 is 0.708 bits per heavy atom. The van der Waals surface area contributed by atoms with Crippen LogP contribution in [0, 0.1) is 6.92 Å². The summed E-state index contributed by atoms with van der Waals surface area (Å²) in [5.41, 5.74) is 9.09. The molecule has 0 spiro atoms. The summed E-state index contributed by atoms with van der Waals surface area (Å²) in [6.45, 7) is 6.70. The van der Waals surface area contributed by atoms with Crippen LogP contribution in [0.3, 0.4) is 0 Å². The first-order valence-electron chi connectivity index (χ1n) is 8.51. The highest BCUT2D eigenvalue weighted by molar-refractivity contribution is 5.35. The maximum absolute atomic E-state index is 5.36. The smallest absolute Gasteiger partial charge is 0.0313 e. The Labute approximate surface area is 147 Å². The van der Waals surface area contributed by atoms with Crippen LogP contribution in [0.2, 0.25) is 0 Å². The van der Waals surface area contributed by atoms with Gasteiger partial charge in [0.1, 0.15) is 0 Å². The second-order valence-electron chi connectivity index (χ2n) is 5.73. The zero-order chi connectivity index (χ0) is 17.6. The summed E-state index contributed by atoms with van der Waals surface area (Å²) in [5, 5.41) is 0. The average Bonchev–Trinajstić information content (AvgIpc) is 2.65. The van der Waals surface area contributed by atoms with Gasteiger partial charge in [0.05, 0.1) is 0 Å². The Hall–Kier alpha value is -2.54. The molecule has 24 heavy (non-hydrogen) atoms. The SMILES string of the molecule is CC[C@H](C)c1ccccc1C.Nc1ccccc1.c1ccccc1. The van der Waals surface area contributed by atoms with Gasteiger partial charge in [-0.2, -0.15) is 0 Å². The minimum Gasteiger partial charge on any atom is -0.399 e. The maximum atomic E-state index is 5.36. The molecule has 0 amide bonds. The van der Waals surface area contributed by atoms with Gasteiger partial charge < -0.3 is 5.73 Å². The van der Waals surface area contributed by atoms with E-state index in [1.165, 1.54) is 17.5 Å². The van der Waals surface area contributed by atoms with E-state index in [-0.39, 0.29) is 0 Å². The van der Waals surface area contributed by atoms with Crippen molar-refractivity contribution in [2.45, 2.75) is 33.1 Å². The highest BCUT2D eigenvalue weighted by Gasteiger charge is 2.03. The Kier molecular flexibility index (Phi) is 9.72. The molecule has 2 N–H and O–H groups in total. The second-order valence-corrected chi connectivity index (χ2v) is 5.73. The van der Waals surface area contributed by atoms with E-state index in [9.17, 15) is 0 Å². The first kappa shape index (κ1) is 19.5. The Morgan fingerprint density at radius 2 is 1.12 bits per heavy atom. The summed E-state index contributed by atoms with van der Waals surface area (Å²) >= 11 is 0. The summed E-state index contributed by atoms with van der Waals surface area (Å²) in [7, 11) is 0. The van der Waals surface area contributed by atoms with Crippen LogP contribution in [0.4, 0.5) is 5.69 Å². The minimum absolute atomic E-state index is 0.705. The van der Waals surface area contributed by atoms with E-state index < -0.39 is 0 Å². The van der Waals surface area contributed by atoms with E-state index in [2.05, 4.69) is 45.0 Å². The lowest BCUT2D eigenvalue weighted by molar-refractivity contribution is 0.728. The first-order chi connectivity index (χ1) is 11.6. The van der Waals surface area contributed by atoms with Crippen molar-refractivity contribution in [3.05, 3.63) is 102 Å². The fourth-order valence-corrected chi connectivity index (χ4v) is 2.20. The zero-order valence-corrected chi connectivity index (χ0v) is 15.0. The van der Waals surface area contributed by atoms with Gasteiger partial charge in [-0.15, -0.1) is 0 Å². The van der Waals surface area contributed by atoms with Gasteiger partial charge >= 0.3 is 0 Å². The highest BCUT2D eigenvalue weighted by atomic mass is 14.5. The molecular formula is C23H29N. The normalized spacial score (nSPS) is 10.5. The lowest BCUT2D eigenvalue weighted by Crippen LogP contribution is -1.93. The summed E-state index contributed by atoms with van der Waals surface area (Å²) in [4.78, 5) is 0. The van der Waals surface area contributed by atoms with Crippen molar-refractivity contribution in [3.63, 3.8) is 0 Å². The molecule has 0 fully saturated rings. The van der Waals surface area contributed by atoms with Gasteiger partial charge in [0, 0.05) is 5.69 Å². The lowest BCUT2D eigenvalue weighted by Gasteiger charge is -2.11. The summed E-state index contributed by atoms with van der Waals surface area (Å²) in [5.74, 6) is 0.705. The summed E-state index contributed by atoms with van der Waals surface area (Å²) < 4.78 is 0. The van der Waals surface area contributed by atoms with Crippen LogP contribution in [-0.4, -0.2) is 0 Å². The van der Waals surface area contributed by atoms with E-state index in [1.54, 1.807) is 0 Å². The van der Waals surface area contributed by atoms with Gasteiger partial charge in [-0.25, -0.2) is 0 Å². The number of benzene rings is 3. The first-order valence-corrected chi connectivity index (χ1v) is 8.51. The van der Waals surface area contributed by atoms with Gasteiger partial charge in [-0.05, 0) is 42.5 Å². The van der Waals surface area contributed by atoms with Gasteiger partial charge in [-0.1, -0.05) is 92.7 Å². The van der Waals surface area contributed by atoms with Crippen molar-refractivity contribution in [1.82, 2.24) is 0 Å². The van der Waals surface area contributed by atoms with Crippen molar-refractivity contribution < 1.29 is 0 Å². The molecule has 3 aromatic rings. The number of nitrogen functional groups attached to an aromatic ring is 1. The molecule has 0 aromatic heterocycles. The molecule has 1 atom stereocenters. The molecule has 0 aliphatic heterocycles. The topological polar surface area (TPSA) is 26.0 Å². The van der Waals surface area contributed by atoms with Crippen molar-refractivity contribution in [1.29, 1.82) is 0 Å². The van der Waals surface area contributed by atoms with Crippen LogP contribution in [0.15, 0.2) is 91.0 Å². The number of aryl methyl sites for hydroxylation is 1. The monoisotopic (exact) mass is 319 g/mol. The van der Waals surface area contributed by atoms with E-state index >= 15 is 0 Å². The molecule has 3 rings (SSSR count). The van der Waals surface area contributed by atoms with Gasteiger partial charge in [0.15, 0.2) is 0 Å². The van der Waals surface area contributed by atoms with Crippen molar-refractivity contribution >= 4 is 5.69 Å². The zero-order valence-electron chi connectivity index (χ0n) is 15.0. The largest absolute Gasteiger partial charge is 0.399 e. The predicted octanol–water partition coefficient (Wildman–Crippen LogP) is 6.46. The van der Waals surface area contributed by atoms with E-state index in [0.29, 0.717) is 5.92 Å². The third-order valence-corrected chi connectivity index (χ3v) is 3.80. The predicted molar refractivity (Wildman–Crippen MR) is 107 cm³/mol. The maximum Gasteiger partial charge on any atom is 0.0313 e. The molecule has 1 nitrogen and oxygen atoms in total. The summed E-state index contributed by atoms with van der Waals surface area (Å²) in [6.07, 6.45) is 1.23. The van der Waals surface area contributed by atoms with Crippen molar-refractivity contribution in [3.8, 4) is 0 Å². The number of nitrogens with two attached hydrogens (primary N) is 1. The molecule has 3 aromatic carbocycles. The second kappa shape index (κ2) is 12.0. The van der Waals surface area contributed by atoms with E-state index in [1.807, 2.05) is 66.7 Å². The van der Waals surface area contributed by atoms with Gasteiger partial charge in [-0.3, -0.25) is 0 Å². The van der Waals surface area contributed by atoms with Crippen LogP contribution < -0.4 is 5.73 Å². The third-order valence-electron chi connectivity index (χ3n) is 3.80. The lowest BCUT2D eigenvalue weighted by atomic mass is 9.95. The van der Waals surface area contributed by atoms with E-state index in [4.69, 9.17) is 5.73 Å². The van der Waals surface area contributed by atoms with E-state index in [0.717, 1.165) is 5.69 Å². The third kappa shape index (κ3) is 8.19. The van der Waals surface area contributed by atoms with Crippen LogP contribution in [-0.2, 0) is 0 Å². The van der Waals surface area contributed by atoms with Crippen LogP contribution in [0.25, 0.3) is 0 Å². The van der Waals surface area contributed by atoms with Crippen LogP contribution in [0.5, 0.6) is 0 Å². The molecule has 126 valence electrons. The fourth-order valence-electron chi connectivity index (χ4n) is 2.20. The van der Waals surface area contributed by atoms with Crippen molar-refractivity contribution in [2.24, 2.45) is 0 Å². The molecule has 0 unspecified atom stereocenters. The number of rotatable bonds is 2. The number of anilines is 1. The molecule has 0 heterocycles. The molecule has 0 saturated carbocycles. The average molecular weight is 319 g/mol. The number of hydrogen-bond donors (Lipinski definition) is 1. The number of para-hydroxylation sites is 1. The van der Waals surface area contributed by atoms with Gasteiger partial charge in [0.25, 0.3) is 0 Å². The minimum atomic E-state index is 0.705. The molecule has 0 radical (unpaired) electrons. The molecule has 0 bridgehead atoms. The standard InChI is InChI=1S/C11H16.C6H7N.C6H6/c1-4-9(2)11-8-6-5-7-10(11)3;7-6-4-2-1-3-5-6;1-2-4-6-5-3-1/h5-9H,4H2,1-3H3;1-5H,7H2;1-6H/t9-;;/m0../s1.